The molecule has 1 amide bonds. The molecule has 21 heavy (non-hydrogen) atoms. The summed E-state index contributed by atoms with van der Waals surface area (Å²) in [5.74, 6) is -0.183. The van der Waals surface area contributed by atoms with E-state index in [0.29, 0.717) is 10.6 Å². The van der Waals surface area contributed by atoms with Crippen LogP contribution >= 0.6 is 27.5 Å². The summed E-state index contributed by atoms with van der Waals surface area (Å²) >= 11 is 9.55. The molecule has 0 atom stereocenters. The van der Waals surface area contributed by atoms with Crippen LogP contribution in [0.5, 0.6) is 0 Å². The predicted molar refractivity (Wildman–Crippen MR) is 92.7 cm³/mol. The van der Waals surface area contributed by atoms with Crippen LogP contribution < -0.4 is 5.32 Å². The van der Waals surface area contributed by atoms with Crippen molar-refractivity contribution >= 4 is 39.1 Å². The largest absolute Gasteiger partial charge is 0.322 e. The molecule has 2 aromatic rings. The van der Waals surface area contributed by atoms with Crippen LogP contribution in [0.25, 0.3) is 0 Å². The molecule has 0 aliphatic carbocycles. The van der Waals surface area contributed by atoms with Crippen molar-refractivity contribution in [1.82, 2.24) is 0 Å². The van der Waals surface area contributed by atoms with E-state index in [2.05, 4.69) is 27.3 Å². The molecule has 0 aromatic heterocycles. The van der Waals surface area contributed by atoms with Crippen molar-refractivity contribution in [2.24, 2.45) is 0 Å². The molecule has 4 heteroatoms. The summed E-state index contributed by atoms with van der Waals surface area (Å²) in [7, 11) is 0. The Morgan fingerprint density at radius 1 is 1.24 bits per heavy atom. The van der Waals surface area contributed by atoms with Gasteiger partial charge in [0.2, 0.25) is 0 Å². The lowest BCUT2D eigenvalue weighted by atomic mass is 10.1. The van der Waals surface area contributed by atoms with Crippen LogP contribution in [-0.2, 0) is 6.42 Å². The van der Waals surface area contributed by atoms with Gasteiger partial charge in [-0.25, -0.2) is 0 Å². The first kappa shape index (κ1) is 16.1. The van der Waals surface area contributed by atoms with E-state index in [9.17, 15) is 4.79 Å². The highest BCUT2D eigenvalue weighted by atomic mass is 79.9. The second-order valence-corrected chi connectivity index (χ2v) is 6.13. The molecule has 1 N–H and O–H groups in total. The monoisotopic (exact) mass is 365 g/mol. The van der Waals surface area contributed by atoms with Crippen molar-refractivity contribution in [2.75, 3.05) is 10.6 Å². The zero-order chi connectivity index (χ0) is 15.2. The van der Waals surface area contributed by atoms with Gasteiger partial charge >= 0.3 is 0 Å². The molecule has 0 spiro atoms. The maximum Gasteiger partial charge on any atom is 0.257 e. The average molecular weight is 367 g/mol. The first-order valence-corrected chi connectivity index (χ1v) is 8.32. The molecule has 0 heterocycles. The maximum absolute atomic E-state index is 12.3. The van der Waals surface area contributed by atoms with E-state index in [4.69, 9.17) is 11.6 Å². The quantitative estimate of drug-likeness (QED) is 0.721. The Morgan fingerprint density at radius 3 is 2.76 bits per heavy atom. The Kier molecular flexibility index (Phi) is 5.83. The fourth-order valence-electron chi connectivity index (χ4n) is 2.08. The zero-order valence-corrected chi connectivity index (χ0v) is 14.2. The van der Waals surface area contributed by atoms with Crippen LogP contribution in [0, 0.1) is 6.92 Å². The van der Waals surface area contributed by atoms with Gasteiger partial charge in [0.25, 0.3) is 5.91 Å². The van der Waals surface area contributed by atoms with E-state index < -0.39 is 0 Å². The van der Waals surface area contributed by atoms with Crippen LogP contribution in [-0.4, -0.2) is 11.2 Å². The Balaban J connectivity index is 2.12. The summed E-state index contributed by atoms with van der Waals surface area (Å²) in [5, 5.41) is 4.35. The Bertz CT molecular complexity index is 642. The minimum absolute atomic E-state index is 0.183. The number of anilines is 1. The fourth-order valence-corrected chi connectivity index (χ4v) is 2.68. The lowest BCUT2D eigenvalue weighted by Crippen LogP contribution is -2.12. The van der Waals surface area contributed by atoms with E-state index in [-0.39, 0.29) is 5.91 Å². The van der Waals surface area contributed by atoms with Crippen molar-refractivity contribution in [3.8, 4) is 0 Å². The highest BCUT2D eigenvalue weighted by molar-refractivity contribution is 9.09. The van der Waals surface area contributed by atoms with Crippen molar-refractivity contribution in [3.63, 3.8) is 0 Å². The number of hydrogen-bond donors (Lipinski definition) is 1. The number of carbonyl (C=O) groups is 1. The van der Waals surface area contributed by atoms with Crippen LogP contribution in [0.1, 0.15) is 27.9 Å². The van der Waals surface area contributed by atoms with E-state index in [1.807, 2.05) is 31.2 Å². The number of carbonyl (C=O) groups excluding carboxylic acids is 1. The number of nitrogens with one attached hydrogen (secondary N) is 1. The van der Waals surface area contributed by atoms with Gasteiger partial charge in [0.05, 0.1) is 10.6 Å². The topological polar surface area (TPSA) is 29.1 Å². The normalized spacial score (nSPS) is 10.4. The zero-order valence-electron chi connectivity index (χ0n) is 11.8. The Labute approximate surface area is 138 Å². The third-order valence-corrected chi connectivity index (χ3v) is 4.03. The minimum atomic E-state index is -0.183. The molecule has 0 unspecified atom stereocenters. The van der Waals surface area contributed by atoms with Gasteiger partial charge in [-0.15, -0.1) is 0 Å². The van der Waals surface area contributed by atoms with Gasteiger partial charge in [-0.3, -0.25) is 4.79 Å². The molecule has 2 rings (SSSR count). The fraction of sp³-hybridized carbons (Fsp3) is 0.235. The number of amides is 1. The molecule has 2 aromatic carbocycles. The number of alkyl halides is 1. The number of halogens is 2. The summed E-state index contributed by atoms with van der Waals surface area (Å²) < 4.78 is 0. The second kappa shape index (κ2) is 7.62. The number of rotatable bonds is 5. The SMILES string of the molecule is Cc1ccc(C(=O)Nc2cccc(CCCBr)c2)c(Cl)c1. The van der Waals surface area contributed by atoms with Crippen LogP contribution in [0.15, 0.2) is 42.5 Å². The van der Waals surface area contributed by atoms with Gasteiger partial charge in [-0.1, -0.05) is 45.7 Å². The maximum atomic E-state index is 12.3. The average Bonchev–Trinajstić information content (AvgIpc) is 2.45. The van der Waals surface area contributed by atoms with E-state index >= 15 is 0 Å². The van der Waals surface area contributed by atoms with E-state index in [1.54, 1.807) is 12.1 Å². The lowest BCUT2D eigenvalue weighted by molar-refractivity contribution is 0.102. The molecule has 0 radical (unpaired) electrons. The Morgan fingerprint density at radius 2 is 2.05 bits per heavy atom. The molecular weight excluding hydrogens is 350 g/mol. The van der Waals surface area contributed by atoms with Gasteiger partial charge in [0.15, 0.2) is 0 Å². The third-order valence-electron chi connectivity index (χ3n) is 3.15. The third kappa shape index (κ3) is 4.58. The van der Waals surface area contributed by atoms with Crippen LogP contribution in [0.4, 0.5) is 5.69 Å². The van der Waals surface area contributed by atoms with Crippen molar-refractivity contribution in [1.29, 1.82) is 0 Å². The van der Waals surface area contributed by atoms with Crippen molar-refractivity contribution < 1.29 is 4.79 Å². The molecule has 0 saturated heterocycles. The first-order chi connectivity index (χ1) is 10.1. The predicted octanol–water partition coefficient (Wildman–Crippen LogP) is 5.23. The van der Waals surface area contributed by atoms with Crippen LogP contribution in [0.3, 0.4) is 0 Å². The molecule has 2 nitrogen and oxygen atoms in total. The molecule has 0 bridgehead atoms. The van der Waals surface area contributed by atoms with E-state index in [1.165, 1.54) is 5.56 Å². The van der Waals surface area contributed by atoms with Gasteiger partial charge in [-0.2, -0.15) is 0 Å². The minimum Gasteiger partial charge on any atom is -0.322 e. The lowest BCUT2D eigenvalue weighted by Gasteiger charge is -2.09. The van der Waals surface area contributed by atoms with Crippen LogP contribution in [0.2, 0.25) is 5.02 Å². The first-order valence-electron chi connectivity index (χ1n) is 6.82. The number of aryl methyl sites for hydroxylation is 2. The summed E-state index contributed by atoms with van der Waals surface area (Å²) in [6, 6.07) is 13.3. The van der Waals surface area contributed by atoms with Crippen molar-refractivity contribution in [2.45, 2.75) is 19.8 Å². The molecule has 0 aliphatic heterocycles. The molecule has 0 aliphatic rings. The smallest absolute Gasteiger partial charge is 0.257 e. The second-order valence-electron chi connectivity index (χ2n) is 4.93. The molecule has 110 valence electrons. The molecule has 0 fully saturated rings. The summed E-state index contributed by atoms with van der Waals surface area (Å²) in [4.78, 5) is 12.3. The highest BCUT2D eigenvalue weighted by Gasteiger charge is 2.10. The molecular formula is C17H17BrClNO. The standard InChI is InChI=1S/C17H17BrClNO/c1-12-7-8-15(16(19)10-12)17(21)20-14-6-2-4-13(11-14)5-3-9-18/h2,4,6-8,10-11H,3,5,9H2,1H3,(H,20,21). The van der Waals surface area contributed by atoms with Gasteiger partial charge < -0.3 is 5.32 Å². The van der Waals surface area contributed by atoms with E-state index in [0.717, 1.165) is 29.4 Å². The number of hydrogen-bond acceptors (Lipinski definition) is 1. The molecule has 0 saturated carbocycles. The summed E-state index contributed by atoms with van der Waals surface area (Å²) in [6.45, 7) is 1.95. The summed E-state index contributed by atoms with van der Waals surface area (Å²) in [6.07, 6.45) is 2.06. The van der Waals surface area contributed by atoms with Crippen molar-refractivity contribution in [3.05, 3.63) is 64.2 Å². The Hall–Kier alpha value is -1.32. The van der Waals surface area contributed by atoms with Gasteiger partial charge in [0.1, 0.15) is 0 Å². The van der Waals surface area contributed by atoms with Gasteiger partial charge in [-0.05, 0) is 55.2 Å². The van der Waals surface area contributed by atoms with Gasteiger partial charge in [0, 0.05) is 11.0 Å². The summed E-state index contributed by atoms with van der Waals surface area (Å²) in [5.41, 5.74) is 3.53. The highest BCUT2D eigenvalue weighted by Crippen LogP contribution is 2.20. The number of benzene rings is 2.